The van der Waals surface area contributed by atoms with Crippen LogP contribution in [0.1, 0.15) is 81.0 Å². The van der Waals surface area contributed by atoms with E-state index in [1.165, 1.54) is 35.1 Å². The first-order valence-electron chi connectivity index (χ1n) is 9.70. The van der Waals surface area contributed by atoms with Crippen molar-refractivity contribution in [2.45, 2.75) is 71.8 Å². The van der Waals surface area contributed by atoms with Gasteiger partial charge in [0, 0.05) is 6.20 Å². The van der Waals surface area contributed by atoms with Crippen LogP contribution in [0.3, 0.4) is 0 Å². The maximum atomic E-state index is 8.56. The molecule has 0 saturated carbocycles. The summed E-state index contributed by atoms with van der Waals surface area (Å²) in [7, 11) is 0. The average Bonchev–Trinajstić information content (AvgIpc) is 2.61. The van der Waals surface area contributed by atoms with E-state index in [9.17, 15) is 0 Å². The van der Waals surface area contributed by atoms with Crippen molar-refractivity contribution in [3.8, 4) is 0 Å². The number of aromatic nitrogens is 1. The first-order chi connectivity index (χ1) is 12.6. The predicted molar refractivity (Wildman–Crippen MR) is 112 cm³/mol. The zero-order valence-electron chi connectivity index (χ0n) is 17.4. The highest BCUT2D eigenvalue weighted by Gasteiger charge is 2.37. The van der Waals surface area contributed by atoms with Gasteiger partial charge < -0.3 is 0 Å². The van der Waals surface area contributed by atoms with Crippen LogP contribution in [0, 0.1) is 6.92 Å². The van der Waals surface area contributed by atoms with E-state index in [2.05, 4.69) is 69.6 Å². The van der Waals surface area contributed by atoms with Crippen molar-refractivity contribution < 1.29 is 10.1 Å². The second kappa shape index (κ2) is 7.21. The summed E-state index contributed by atoms with van der Waals surface area (Å²) in [6.45, 7) is 13.9. The molecule has 1 N–H and O–H groups in total. The lowest BCUT2D eigenvalue weighted by Crippen LogP contribution is -2.34. The average molecular weight is 366 g/mol. The molecular weight excluding hydrogens is 334 g/mol. The van der Waals surface area contributed by atoms with Gasteiger partial charge in [-0.25, -0.2) is 4.89 Å². The Balaban J connectivity index is 2.01. The molecule has 0 radical (unpaired) electrons. The largest absolute Gasteiger partial charge is 0.256 e. The number of benzene rings is 1. The Bertz CT molecular complexity index is 861. The summed E-state index contributed by atoms with van der Waals surface area (Å²) < 4.78 is 0. The van der Waals surface area contributed by atoms with Gasteiger partial charge in [-0.05, 0) is 83.1 Å². The SMILES string of the molecule is C/C(=C/c1cc2c(cc1C)C(C)(C)CCC2(C)C)c1ccc(COO)cn1. The molecule has 0 aliphatic heterocycles. The summed E-state index contributed by atoms with van der Waals surface area (Å²) in [5.41, 5.74) is 8.91. The Kier molecular flexibility index (Phi) is 5.29. The fourth-order valence-corrected chi connectivity index (χ4v) is 4.02. The first-order valence-corrected chi connectivity index (χ1v) is 9.70. The highest BCUT2D eigenvalue weighted by molar-refractivity contribution is 5.80. The molecule has 0 saturated heterocycles. The van der Waals surface area contributed by atoms with Crippen LogP contribution >= 0.6 is 0 Å². The minimum absolute atomic E-state index is 0.158. The molecule has 1 heterocycles. The molecule has 1 aliphatic rings. The first kappa shape index (κ1) is 19.8. The standard InChI is InChI=1S/C24H31NO2/c1-16-12-20-21(24(5,6)10-9-23(20,3)4)13-19(16)11-17(2)22-8-7-18(14-25-22)15-27-26/h7-8,11-14,26H,9-10,15H2,1-6H3/b17-11-. The quantitative estimate of drug-likeness (QED) is 0.511. The molecular formula is C24H31NO2. The molecule has 144 valence electrons. The van der Waals surface area contributed by atoms with Crippen LogP contribution in [0.25, 0.3) is 11.6 Å². The van der Waals surface area contributed by atoms with Gasteiger partial charge in [0.15, 0.2) is 0 Å². The van der Waals surface area contributed by atoms with Crippen LogP contribution in [-0.2, 0) is 22.3 Å². The Hall–Kier alpha value is -1.97. The van der Waals surface area contributed by atoms with Crippen molar-refractivity contribution in [1.82, 2.24) is 4.98 Å². The van der Waals surface area contributed by atoms with E-state index >= 15 is 0 Å². The highest BCUT2D eigenvalue weighted by atomic mass is 17.1. The number of fused-ring (bicyclic) bond motifs is 1. The van der Waals surface area contributed by atoms with E-state index in [0.29, 0.717) is 0 Å². The monoisotopic (exact) mass is 365 g/mol. The lowest BCUT2D eigenvalue weighted by Gasteiger charge is -2.42. The van der Waals surface area contributed by atoms with E-state index < -0.39 is 0 Å². The molecule has 0 fully saturated rings. The van der Waals surface area contributed by atoms with Gasteiger partial charge in [0.25, 0.3) is 0 Å². The van der Waals surface area contributed by atoms with Crippen molar-refractivity contribution in [1.29, 1.82) is 0 Å². The van der Waals surface area contributed by atoms with Crippen LogP contribution in [-0.4, -0.2) is 10.2 Å². The Morgan fingerprint density at radius 3 is 2.30 bits per heavy atom. The third-order valence-corrected chi connectivity index (χ3v) is 6.07. The van der Waals surface area contributed by atoms with Crippen molar-refractivity contribution in [3.63, 3.8) is 0 Å². The van der Waals surface area contributed by atoms with E-state index in [1.807, 2.05) is 12.1 Å². The van der Waals surface area contributed by atoms with Gasteiger partial charge in [0.2, 0.25) is 0 Å². The summed E-state index contributed by atoms with van der Waals surface area (Å²) in [5.74, 6) is 0. The number of pyridine rings is 1. The molecule has 0 atom stereocenters. The number of rotatable bonds is 4. The summed E-state index contributed by atoms with van der Waals surface area (Å²) in [6.07, 6.45) is 6.43. The van der Waals surface area contributed by atoms with Gasteiger partial charge in [-0.15, -0.1) is 0 Å². The molecule has 0 amide bonds. The molecule has 27 heavy (non-hydrogen) atoms. The molecule has 0 unspecified atom stereocenters. The van der Waals surface area contributed by atoms with E-state index in [4.69, 9.17) is 5.26 Å². The number of allylic oxidation sites excluding steroid dienone is 1. The fourth-order valence-electron chi connectivity index (χ4n) is 4.02. The van der Waals surface area contributed by atoms with E-state index in [0.717, 1.165) is 16.8 Å². The number of hydrogen-bond acceptors (Lipinski definition) is 3. The van der Waals surface area contributed by atoms with E-state index in [1.54, 1.807) is 6.20 Å². The molecule has 1 aromatic heterocycles. The topological polar surface area (TPSA) is 42.4 Å². The Morgan fingerprint density at radius 2 is 1.74 bits per heavy atom. The summed E-state index contributed by atoms with van der Waals surface area (Å²) in [5, 5.41) is 8.56. The number of hydrogen-bond donors (Lipinski definition) is 1. The van der Waals surface area contributed by atoms with Crippen molar-refractivity contribution >= 4 is 11.6 Å². The normalized spacial score (nSPS) is 18.3. The van der Waals surface area contributed by atoms with Gasteiger partial charge in [-0.2, -0.15) is 0 Å². The van der Waals surface area contributed by atoms with Crippen molar-refractivity contribution in [2.24, 2.45) is 0 Å². The molecule has 0 bridgehead atoms. The highest BCUT2D eigenvalue weighted by Crippen LogP contribution is 2.46. The zero-order valence-corrected chi connectivity index (χ0v) is 17.4. The molecule has 3 nitrogen and oxygen atoms in total. The fraction of sp³-hybridized carbons (Fsp3) is 0.458. The van der Waals surface area contributed by atoms with Gasteiger partial charge >= 0.3 is 0 Å². The maximum absolute atomic E-state index is 8.56. The number of aryl methyl sites for hydroxylation is 1. The molecule has 1 aromatic carbocycles. The molecule has 3 rings (SSSR count). The lowest BCUT2D eigenvalue weighted by molar-refractivity contribution is -0.253. The zero-order chi connectivity index (χ0) is 19.8. The number of nitrogens with zero attached hydrogens (tertiary/aromatic N) is 1. The van der Waals surface area contributed by atoms with Crippen molar-refractivity contribution in [2.75, 3.05) is 0 Å². The van der Waals surface area contributed by atoms with Gasteiger partial charge in [-0.1, -0.05) is 45.9 Å². The van der Waals surface area contributed by atoms with Crippen LogP contribution in [0.2, 0.25) is 0 Å². The molecule has 3 heteroatoms. The minimum atomic E-state index is 0.158. The van der Waals surface area contributed by atoms with Gasteiger partial charge in [0.05, 0.1) is 5.69 Å². The third kappa shape index (κ3) is 3.99. The third-order valence-electron chi connectivity index (χ3n) is 6.07. The van der Waals surface area contributed by atoms with Crippen LogP contribution in [0.4, 0.5) is 0 Å². The molecule has 1 aliphatic carbocycles. The summed E-state index contributed by atoms with van der Waals surface area (Å²) >= 11 is 0. The maximum Gasteiger partial charge on any atom is 0.108 e. The smallest absolute Gasteiger partial charge is 0.108 e. The van der Waals surface area contributed by atoms with Crippen LogP contribution in [0.15, 0.2) is 30.5 Å². The summed E-state index contributed by atoms with van der Waals surface area (Å²) in [6, 6.07) is 8.69. The molecule has 0 spiro atoms. The predicted octanol–water partition coefficient (Wildman–Crippen LogP) is 6.29. The van der Waals surface area contributed by atoms with Gasteiger partial charge in [-0.3, -0.25) is 10.2 Å². The Labute approximate surface area is 163 Å². The van der Waals surface area contributed by atoms with Crippen LogP contribution < -0.4 is 0 Å². The Morgan fingerprint density at radius 1 is 1.11 bits per heavy atom. The second-order valence-corrected chi connectivity index (χ2v) is 9.17. The van der Waals surface area contributed by atoms with E-state index in [-0.39, 0.29) is 17.4 Å². The molecule has 2 aromatic rings. The van der Waals surface area contributed by atoms with Crippen LogP contribution in [0.5, 0.6) is 0 Å². The summed E-state index contributed by atoms with van der Waals surface area (Å²) in [4.78, 5) is 8.68. The second-order valence-electron chi connectivity index (χ2n) is 9.17. The van der Waals surface area contributed by atoms with Gasteiger partial charge in [0.1, 0.15) is 6.61 Å². The lowest BCUT2D eigenvalue weighted by atomic mass is 9.62. The minimum Gasteiger partial charge on any atom is -0.256 e. The van der Waals surface area contributed by atoms with Crippen molar-refractivity contribution in [3.05, 3.63) is 64.0 Å².